The maximum Gasteiger partial charge on any atom is 0.0931 e. The molecule has 3 nitrogen and oxygen atoms in total. The Morgan fingerprint density at radius 1 is 0.964 bits per heavy atom. The van der Waals surface area contributed by atoms with Crippen molar-refractivity contribution in [2.24, 2.45) is 0 Å². The zero-order valence-corrected chi connectivity index (χ0v) is 16.4. The summed E-state index contributed by atoms with van der Waals surface area (Å²) in [6.07, 6.45) is 4.03. The average molecular weight is 367 g/mol. The Labute approximate surface area is 165 Å². The van der Waals surface area contributed by atoms with Gasteiger partial charge >= 0.3 is 0 Å². The van der Waals surface area contributed by atoms with Gasteiger partial charge in [0.1, 0.15) is 0 Å². The van der Waals surface area contributed by atoms with Gasteiger partial charge in [0.05, 0.1) is 17.4 Å². The van der Waals surface area contributed by atoms with Crippen LogP contribution in [0.5, 0.6) is 0 Å². The van der Waals surface area contributed by atoms with Crippen LogP contribution in [0.3, 0.4) is 0 Å². The van der Waals surface area contributed by atoms with Crippen LogP contribution in [0, 0.1) is 13.8 Å². The molecule has 0 bridgehead atoms. The lowest BCUT2D eigenvalue weighted by molar-refractivity contribution is 0.532. The fourth-order valence-corrected chi connectivity index (χ4v) is 4.42. The molecule has 0 saturated heterocycles. The predicted octanol–water partition coefficient (Wildman–Crippen LogP) is 5.10. The van der Waals surface area contributed by atoms with E-state index in [2.05, 4.69) is 83.7 Å². The largest absolute Gasteiger partial charge is 0.345 e. The van der Waals surface area contributed by atoms with Gasteiger partial charge in [0.15, 0.2) is 0 Å². The molecule has 0 aliphatic heterocycles. The first-order valence-corrected chi connectivity index (χ1v) is 10.0. The van der Waals surface area contributed by atoms with Crippen LogP contribution in [0.25, 0.3) is 22.2 Å². The van der Waals surface area contributed by atoms with Gasteiger partial charge in [-0.25, -0.2) is 4.98 Å². The Hall–Kier alpha value is -2.91. The topological polar surface area (TPSA) is 40.7 Å². The number of H-pyrrole nitrogens is 1. The van der Waals surface area contributed by atoms with Crippen LogP contribution in [0.2, 0.25) is 0 Å². The van der Waals surface area contributed by atoms with Crippen molar-refractivity contribution < 1.29 is 0 Å². The van der Waals surface area contributed by atoms with Gasteiger partial charge in [0, 0.05) is 12.6 Å². The van der Waals surface area contributed by atoms with E-state index in [-0.39, 0.29) is 0 Å². The van der Waals surface area contributed by atoms with Gasteiger partial charge in [0.2, 0.25) is 0 Å². The van der Waals surface area contributed by atoms with Gasteiger partial charge in [-0.3, -0.25) is 0 Å². The minimum Gasteiger partial charge on any atom is -0.345 e. The van der Waals surface area contributed by atoms with E-state index in [1.54, 1.807) is 6.33 Å². The normalized spacial score (nSPS) is 13.9. The SMILES string of the molecule is Cc1cc(-c2cc3nc[nH]c3cc2C)ccc1CNC1Cc2ccccc2C1. The monoisotopic (exact) mass is 367 g/mol. The van der Waals surface area contributed by atoms with Crippen LogP contribution in [0.4, 0.5) is 0 Å². The molecule has 0 saturated carbocycles. The minimum absolute atomic E-state index is 0.542. The lowest BCUT2D eigenvalue weighted by atomic mass is 9.96. The highest BCUT2D eigenvalue weighted by Crippen LogP contribution is 2.29. The average Bonchev–Trinajstić information content (AvgIpc) is 3.32. The number of nitrogens with zero attached hydrogens (tertiary/aromatic N) is 1. The van der Waals surface area contributed by atoms with E-state index >= 15 is 0 Å². The highest BCUT2D eigenvalue weighted by Gasteiger charge is 2.20. The van der Waals surface area contributed by atoms with Crippen LogP contribution in [-0.4, -0.2) is 16.0 Å². The second-order valence-corrected chi connectivity index (χ2v) is 7.98. The molecule has 0 amide bonds. The highest BCUT2D eigenvalue weighted by molar-refractivity contribution is 5.84. The summed E-state index contributed by atoms with van der Waals surface area (Å²) in [7, 11) is 0. The first kappa shape index (κ1) is 17.2. The summed E-state index contributed by atoms with van der Waals surface area (Å²) in [4.78, 5) is 7.60. The maximum absolute atomic E-state index is 4.41. The van der Waals surface area contributed by atoms with Gasteiger partial charge < -0.3 is 10.3 Å². The molecule has 4 aromatic rings. The molecule has 3 aromatic carbocycles. The van der Waals surface area contributed by atoms with Crippen molar-refractivity contribution in [1.29, 1.82) is 0 Å². The summed E-state index contributed by atoms with van der Waals surface area (Å²) < 4.78 is 0. The number of aryl methyl sites for hydroxylation is 2. The van der Waals surface area contributed by atoms with E-state index in [1.807, 2.05) is 0 Å². The Balaban J connectivity index is 1.33. The number of aromatic nitrogens is 2. The molecule has 28 heavy (non-hydrogen) atoms. The zero-order valence-electron chi connectivity index (χ0n) is 16.4. The smallest absolute Gasteiger partial charge is 0.0931 e. The number of fused-ring (bicyclic) bond motifs is 2. The van der Waals surface area contributed by atoms with Crippen molar-refractivity contribution >= 4 is 11.0 Å². The van der Waals surface area contributed by atoms with Crippen molar-refractivity contribution in [3.05, 3.63) is 88.7 Å². The van der Waals surface area contributed by atoms with Crippen LogP contribution in [0.15, 0.2) is 60.9 Å². The molecular formula is C25H25N3. The molecule has 0 fully saturated rings. The van der Waals surface area contributed by atoms with Crippen LogP contribution >= 0.6 is 0 Å². The molecule has 2 N–H and O–H groups in total. The molecule has 0 atom stereocenters. The first-order valence-electron chi connectivity index (χ1n) is 10.0. The number of hydrogen-bond donors (Lipinski definition) is 2. The maximum atomic E-state index is 4.41. The van der Waals surface area contributed by atoms with Crippen molar-refractivity contribution in [3.8, 4) is 11.1 Å². The first-order chi connectivity index (χ1) is 13.7. The highest BCUT2D eigenvalue weighted by atomic mass is 14.9. The standard InChI is InChI=1S/C25H25N3/c1-16-9-20(23-13-25-24(10-17(23)2)27-15-28-25)7-8-21(16)14-26-22-11-18-5-3-4-6-19(18)12-22/h3-10,13,15,22,26H,11-12,14H2,1-2H3,(H,27,28). The summed E-state index contributed by atoms with van der Waals surface area (Å²) >= 11 is 0. The molecular weight excluding hydrogens is 342 g/mol. The van der Waals surface area contributed by atoms with E-state index in [0.29, 0.717) is 6.04 Å². The second-order valence-electron chi connectivity index (χ2n) is 7.98. The lowest BCUT2D eigenvalue weighted by Crippen LogP contribution is -2.29. The van der Waals surface area contributed by atoms with Gasteiger partial charge in [-0.15, -0.1) is 0 Å². The Morgan fingerprint density at radius 3 is 2.50 bits per heavy atom. The summed E-state index contributed by atoms with van der Waals surface area (Å²) in [5.74, 6) is 0. The number of rotatable bonds is 4. The van der Waals surface area contributed by atoms with E-state index in [0.717, 1.165) is 30.4 Å². The summed E-state index contributed by atoms with van der Waals surface area (Å²) in [6.45, 7) is 5.30. The van der Waals surface area contributed by atoms with Crippen molar-refractivity contribution in [3.63, 3.8) is 0 Å². The summed E-state index contributed by atoms with van der Waals surface area (Å²) in [5.41, 5.74) is 11.6. The number of aromatic amines is 1. The Kier molecular flexibility index (Phi) is 4.25. The van der Waals surface area contributed by atoms with Crippen LogP contribution < -0.4 is 5.32 Å². The number of benzene rings is 3. The van der Waals surface area contributed by atoms with E-state index < -0.39 is 0 Å². The van der Waals surface area contributed by atoms with Crippen molar-refractivity contribution in [1.82, 2.24) is 15.3 Å². The summed E-state index contributed by atoms with van der Waals surface area (Å²) in [5, 5.41) is 3.76. The fourth-order valence-electron chi connectivity index (χ4n) is 4.42. The zero-order chi connectivity index (χ0) is 19.1. The predicted molar refractivity (Wildman–Crippen MR) is 115 cm³/mol. The Bertz CT molecular complexity index is 1130. The molecule has 3 heteroatoms. The third kappa shape index (κ3) is 3.12. The molecule has 1 aliphatic carbocycles. The van der Waals surface area contributed by atoms with E-state index in [4.69, 9.17) is 0 Å². The fraction of sp³-hybridized carbons (Fsp3) is 0.240. The van der Waals surface area contributed by atoms with Gasteiger partial charge in [0.25, 0.3) is 0 Å². The third-order valence-corrected chi connectivity index (χ3v) is 6.05. The molecule has 0 unspecified atom stereocenters. The molecule has 0 radical (unpaired) electrons. The summed E-state index contributed by atoms with van der Waals surface area (Å²) in [6, 6.07) is 20.5. The quantitative estimate of drug-likeness (QED) is 0.527. The van der Waals surface area contributed by atoms with E-state index in [1.165, 1.54) is 38.9 Å². The molecule has 1 aromatic heterocycles. The molecule has 140 valence electrons. The molecule has 0 spiro atoms. The van der Waals surface area contributed by atoms with Gasteiger partial charge in [-0.05, 0) is 77.8 Å². The van der Waals surface area contributed by atoms with E-state index in [9.17, 15) is 0 Å². The van der Waals surface area contributed by atoms with Crippen LogP contribution in [0.1, 0.15) is 27.8 Å². The van der Waals surface area contributed by atoms with Crippen molar-refractivity contribution in [2.45, 2.75) is 39.3 Å². The minimum atomic E-state index is 0.542. The van der Waals surface area contributed by atoms with Gasteiger partial charge in [-0.1, -0.05) is 42.5 Å². The Morgan fingerprint density at radius 2 is 1.75 bits per heavy atom. The number of imidazole rings is 1. The second kappa shape index (κ2) is 6.92. The molecule has 5 rings (SSSR count). The number of nitrogens with one attached hydrogen (secondary N) is 2. The lowest BCUT2D eigenvalue weighted by Gasteiger charge is -2.15. The third-order valence-electron chi connectivity index (χ3n) is 6.05. The van der Waals surface area contributed by atoms with Gasteiger partial charge in [-0.2, -0.15) is 0 Å². The van der Waals surface area contributed by atoms with Crippen LogP contribution in [-0.2, 0) is 19.4 Å². The van der Waals surface area contributed by atoms with Crippen molar-refractivity contribution in [2.75, 3.05) is 0 Å². The number of hydrogen-bond acceptors (Lipinski definition) is 2. The molecule has 1 heterocycles. The molecule has 1 aliphatic rings.